The van der Waals surface area contributed by atoms with E-state index in [0.717, 1.165) is 24.2 Å². The lowest BCUT2D eigenvalue weighted by Crippen LogP contribution is -2.20. The second-order valence-corrected chi connectivity index (χ2v) is 5.30. The molecule has 0 fully saturated rings. The van der Waals surface area contributed by atoms with Gasteiger partial charge in [-0.2, -0.15) is 0 Å². The van der Waals surface area contributed by atoms with Crippen molar-refractivity contribution in [1.82, 2.24) is 4.90 Å². The lowest BCUT2D eigenvalue weighted by molar-refractivity contribution is -0.138. The predicted octanol–water partition coefficient (Wildman–Crippen LogP) is 3.55. The highest BCUT2D eigenvalue weighted by Crippen LogP contribution is 2.06. The van der Waals surface area contributed by atoms with Crippen LogP contribution in [0.15, 0.2) is 59.2 Å². The zero-order valence-corrected chi connectivity index (χ0v) is 14.1. The number of carboxylic acids is 1. The molecule has 0 amide bonds. The number of carboxylic acid groups (broad SMARTS) is 1. The first-order chi connectivity index (χ1) is 11.1. The number of aliphatic imine (C=N–C) groups is 1. The molecule has 0 aliphatic rings. The van der Waals surface area contributed by atoms with Gasteiger partial charge in [-0.15, -0.1) is 0 Å². The maximum absolute atomic E-state index is 11.3. The fourth-order valence-electron chi connectivity index (χ4n) is 2.04. The molecule has 1 rings (SSSR count). The van der Waals surface area contributed by atoms with E-state index in [1.165, 1.54) is 0 Å². The molecule has 23 heavy (non-hydrogen) atoms. The van der Waals surface area contributed by atoms with Crippen molar-refractivity contribution in [3.63, 3.8) is 0 Å². The minimum absolute atomic E-state index is 0.398. The van der Waals surface area contributed by atoms with E-state index in [9.17, 15) is 9.90 Å². The molecule has 0 saturated carbocycles. The van der Waals surface area contributed by atoms with Crippen molar-refractivity contribution >= 4 is 12.2 Å². The van der Waals surface area contributed by atoms with Crippen LogP contribution >= 0.6 is 0 Å². The third-order valence-corrected chi connectivity index (χ3v) is 3.48. The van der Waals surface area contributed by atoms with Crippen molar-refractivity contribution in [2.75, 3.05) is 13.1 Å². The molecule has 0 aliphatic heterocycles. The Morgan fingerprint density at radius 3 is 2.48 bits per heavy atom. The Balaban J connectivity index is 2.68. The molecule has 0 radical (unpaired) electrons. The molecule has 1 N–H and O–H groups in total. The van der Waals surface area contributed by atoms with Gasteiger partial charge in [0.2, 0.25) is 0 Å². The van der Waals surface area contributed by atoms with Gasteiger partial charge in [0.1, 0.15) is 0 Å². The molecule has 1 aromatic rings. The average Bonchev–Trinajstić information content (AvgIpc) is 2.56. The zero-order chi connectivity index (χ0) is 17.1. The van der Waals surface area contributed by atoms with Gasteiger partial charge in [0.15, 0.2) is 6.04 Å². The Morgan fingerprint density at radius 1 is 1.26 bits per heavy atom. The summed E-state index contributed by atoms with van der Waals surface area (Å²) in [4.78, 5) is 17.7. The summed E-state index contributed by atoms with van der Waals surface area (Å²) in [7, 11) is 0. The second kappa shape index (κ2) is 10.4. The van der Waals surface area contributed by atoms with Crippen molar-refractivity contribution in [3.8, 4) is 0 Å². The molecule has 1 aromatic carbocycles. The predicted molar refractivity (Wildman–Crippen MR) is 95.9 cm³/mol. The SMILES string of the molecule is CCN(/C=C/C=C(\C)C=N[C@@H](Cc1ccccc1)C(=O)O)CC. The fraction of sp³-hybridized carbons (Fsp3) is 0.368. The van der Waals surface area contributed by atoms with Gasteiger partial charge >= 0.3 is 5.97 Å². The molecule has 0 aliphatic carbocycles. The van der Waals surface area contributed by atoms with E-state index in [-0.39, 0.29) is 0 Å². The highest BCUT2D eigenvalue weighted by molar-refractivity contribution is 5.82. The van der Waals surface area contributed by atoms with Crippen LogP contribution in [0.4, 0.5) is 0 Å². The summed E-state index contributed by atoms with van der Waals surface area (Å²) in [5.41, 5.74) is 1.90. The number of nitrogens with zero attached hydrogens (tertiary/aromatic N) is 2. The molecule has 4 nitrogen and oxygen atoms in total. The summed E-state index contributed by atoms with van der Waals surface area (Å²) < 4.78 is 0. The maximum atomic E-state index is 11.3. The first kappa shape index (κ1) is 18.7. The smallest absolute Gasteiger partial charge is 0.328 e. The molecule has 4 heteroatoms. The largest absolute Gasteiger partial charge is 0.480 e. The number of carbonyl (C=O) groups is 1. The van der Waals surface area contributed by atoms with E-state index in [0.29, 0.717) is 6.42 Å². The first-order valence-electron chi connectivity index (χ1n) is 7.95. The van der Waals surface area contributed by atoms with Gasteiger partial charge in [-0.05, 0) is 44.2 Å². The maximum Gasteiger partial charge on any atom is 0.328 e. The molecular weight excluding hydrogens is 288 g/mol. The Hall–Kier alpha value is -2.36. The summed E-state index contributed by atoms with van der Waals surface area (Å²) in [6.45, 7) is 8.05. The van der Waals surface area contributed by atoms with Gasteiger partial charge in [-0.3, -0.25) is 4.99 Å². The van der Waals surface area contributed by atoms with Gasteiger partial charge in [0.05, 0.1) is 0 Å². The van der Waals surface area contributed by atoms with E-state index >= 15 is 0 Å². The normalized spacial score (nSPS) is 13.6. The number of hydrogen-bond acceptors (Lipinski definition) is 3. The summed E-state index contributed by atoms with van der Waals surface area (Å²) in [6.07, 6.45) is 7.95. The monoisotopic (exact) mass is 314 g/mol. The lowest BCUT2D eigenvalue weighted by Gasteiger charge is -2.13. The zero-order valence-electron chi connectivity index (χ0n) is 14.1. The van der Waals surface area contributed by atoms with Gasteiger partial charge in [-0.25, -0.2) is 4.79 Å². The Bertz CT molecular complexity index is 558. The highest BCUT2D eigenvalue weighted by atomic mass is 16.4. The van der Waals surface area contributed by atoms with Crippen molar-refractivity contribution in [3.05, 3.63) is 59.8 Å². The third-order valence-electron chi connectivity index (χ3n) is 3.48. The van der Waals surface area contributed by atoms with Gasteiger partial charge in [-0.1, -0.05) is 36.4 Å². The van der Waals surface area contributed by atoms with Crippen LogP contribution in [0.2, 0.25) is 0 Å². The van der Waals surface area contributed by atoms with Gasteiger partial charge < -0.3 is 10.0 Å². The van der Waals surface area contributed by atoms with Crippen LogP contribution in [0.5, 0.6) is 0 Å². The standard InChI is InChI=1S/C19H26N2O2/c1-4-21(5-2)13-9-10-16(3)15-20-18(19(22)23)14-17-11-7-6-8-12-17/h6-13,15,18H,4-5,14H2,1-3H3,(H,22,23)/b13-9+,16-10+,20-15?/t18-/m0/s1. The van der Waals surface area contributed by atoms with Crippen LogP contribution in [-0.4, -0.2) is 41.3 Å². The molecular formula is C19H26N2O2. The molecule has 0 spiro atoms. The number of allylic oxidation sites excluding steroid dienone is 3. The molecule has 124 valence electrons. The van der Waals surface area contributed by atoms with E-state index in [1.807, 2.05) is 55.6 Å². The van der Waals surface area contributed by atoms with E-state index in [1.54, 1.807) is 6.21 Å². The second-order valence-electron chi connectivity index (χ2n) is 5.30. The molecule has 1 atom stereocenters. The van der Waals surface area contributed by atoms with Crippen LogP contribution in [0, 0.1) is 0 Å². The Kier molecular flexibility index (Phi) is 8.43. The highest BCUT2D eigenvalue weighted by Gasteiger charge is 2.15. The topological polar surface area (TPSA) is 52.9 Å². The summed E-state index contributed by atoms with van der Waals surface area (Å²) in [5, 5.41) is 9.31. The molecule has 0 aromatic heterocycles. The summed E-state index contributed by atoms with van der Waals surface area (Å²) in [6, 6.07) is 8.80. The molecule has 0 unspecified atom stereocenters. The van der Waals surface area contributed by atoms with Crippen LogP contribution in [0.25, 0.3) is 0 Å². The number of hydrogen-bond donors (Lipinski definition) is 1. The minimum atomic E-state index is -0.906. The summed E-state index contributed by atoms with van der Waals surface area (Å²) in [5.74, 6) is -0.906. The van der Waals surface area contributed by atoms with Crippen molar-refractivity contribution in [2.24, 2.45) is 4.99 Å². The Morgan fingerprint density at radius 2 is 1.91 bits per heavy atom. The van der Waals surface area contributed by atoms with Crippen molar-refractivity contribution in [2.45, 2.75) is 33.2 Å². The number of aliphatic carboxylic acids is 1. The minimum Gasteiger partial charge on any atom is -0.480 e. The molecule has 0 heterocycles. The van der Waals surface area contributed by atoms with Gasteiger partial charge in [0, 0.05) is 25.7 Å². The van der Waals surface area contributed by atoms with Crippen LogP contribution < -0.4 is 0 Å². The van der Waals surface area contributed by atoms with Crippen molar-refractivity contribution in [1.29, 1.82) is 0 Å². The van der Waals surface area contributed by atoms with Crippen LogP contribution in [0.3, 0.4) is 0 Å². The molecule has 0 saturated heterocycles. The van der Waals surface area contributed by atoms with Crippen LogP contribution in [-0.2, 0) is 11.2 Å². The van der Waals surface area contributed by atoms with Gasteiger partial charge in [0.25, 0.3) is 0 Å². The first-order valence-corrected chi connectivity index (χ1v) is 7.95. The van der Waals surface area contributed by atoms with E-state index < -0.39 is 12.0 Å². The average molecular weight is 314 g/mol. The van der Waals surface area contributed by atoms with Crippen molar-refractivity contribution < 1.29 is 9.90 Å². The Labute approximate surface area is 138 Å². The number of benzene rings is 1. The molecule has 0 bridgehead atoms. The van der Waals surface area contributed by atoms with E-state index in [2.05, 4.69) is 23.7 Å². The number of rotatable bonds is 9. The summed E-state index contributed by atoms with van der Waals surface area (Å²) >= 11 is 0. The van der Waals surface area contributed by atoms with E-state index in [4.69, 9.17) is 0 Å². The fourth-order valence-corrected chi connectivity index (χ4v) is 2.04. The van der Waals surface area contributed by atoms with Crippen LogP contribution in [0.1, 0.15) is 26.3 Å². The lowest BCUT2D eigenvalue weighted by atomic mass is 10.1. The quantitative estimate of drug-likeness (QED) is 0.560. The third kappa shape index (κ3) is 7.45.